The molecule has 0 aliphatic carbocycles. The molecule has 0 saturated heterocycles. The molecule has 0 atom stereocenters. The van der Waals surface area contributed by atoms with E-state index in [-0.39, 0.29) is 5.91 Å². The van der Waals surface area contributed by atoms with Gasteiger partial charge in [0.05, 0.1) is 6.20 Å². The maximum Gasteiger partial charge on any atom is 0.256 e. The zero-order valence-electron chi connectivity index (χ0n) is 13.8. The lowest BCUT2D eigenvalue weighted by atomic mass is 10.1. The smallest absolute Gasteiger partial charge is 0.256 e. The van der Waals surface area contributed by atoms with Crippen LogP contribution in [0.2, 0.25) is 0 Å². The molecule has 1 aromatic carbocycles. The maximum atomic E-state index is 12.4. The number of aromatic nitrogens is 4. The lowest BCUT2D eigenvalue weighted by Crippen LogP contribution is -2.13. The number of nitrogens with zero attached hydrogens (tertiary/aromatic N) is 4. The Bertz CT molecular complexity index is 1120. The van der Waals surface area contributed by atoms with Gasteiger partial charge in [0.25, 0.3) is 5.91 Å². The molecule has 4 aromatic rings. The second-order valence-corrected chi connectivity index (χ2v) is 6.96. The number of hydrogen-bond acceptors (Lipinski definition) is 4. The van der Waals surface area contributed by atoms with Crippen molar-refractivity contribution in [3.8, 4) is 11.1 Å². The van der Waals surface area contributed by atoms with Crippen LogP contribution in [0, 0.1) is 3.70 Å². The topological polar surface area (TPSA) is 72.7 Å². The second kappa shape index (κ2) is 6.83. The summed E-state index contributed by atoms with van der Waals surface area (Å²) in [6.07, 6.45) is 7.17. The summed E-state index contributed by atoms with van der Waals surface area (Å²) in [7, 11) is 1.89. The fourth-order valence-electron chi connectivity index (χ4n) is 2.69. The molecule has 3 aromatic heterocycles. The molecule has 26 heavy (non-hydrogen) atoms. The number of halogens is 1. The van der Waals surface area contributed by atoms with Crippen molar-refractivity contribution in [1.29, 1.82) is 0 Å². The number of amides is 1. The van der Waals surface area contributed by atoms with Crippen molar-refractivity contribution in [2.24, 2.45) is 7.05 Å². The fourth-order valence-corrected chi connectivity index (χ4v) is 3.19. The Morgan fingerprint density at radius 1 is 1.04 bits per heavy atom. The molecular formula is C19H14IN5O. The Kier molecular flexibility index (Phi) is 4.37. The molecule has 0 fully saturated rings. The molecule has 0 radical (unpaired) electrons. The molecule has 0 aliphatic heterocycles. The monoisotopic (exact) mass is 455 g/mol. The molecule has 0 bridgehead atoms. The minimum absolute atomic E-state index is 0.208. The van der Waals surface area contributed by atoms with Crippen molar-refractivity contribution in [3.05, 3.63) is 70.4 Å². The van der Waals surface area contributed by atoms with Crippen LogP contribution in [0.4, 0.5) is 5.82 Å². The van der Waals surface area contributed by atoms with Gasteiger partial charge >= 0.3 is 0 Å². The molecule has 7 heteroatoms. The van der Waals surface area contributed by atoms with Gasteiger partial charge in [-0.05, 0) is 57.8 Å². The van der Waals surface area contributed by atoms with E-state index < -0.39 is 0 Å². The van der Waals surface area contributed by atoms with Crippen LogP contribution >= 0.6 is 22.6 Å². The predicted octanol–water partition coefficient (Wildman–Crippen LogP) is 3.89. The third-order valence-electron chi connectivity index (χ3n) is 3.99. The van der Waals surface area contributed by atoms with E-state index in [1.807, 2.05) is 37.6 Å². The third-order valence-corrected chi connectivity index (χ3v) is 4.58. The number of hydrogen-bond donors (Lipinski definition) is 1. The highest BCUT2D eigenvalue weighted by Gasteiger charge is 2.09. The summed E-state index contributed by atoms with van der Waals surface area (Å²) in [5.74, 6) is 0.304. The number of rotatable bonds is 3. The van der Waals surface area contributed by atoms with Crippen molar-refractivity contribution in [2.45, 2.75) is 0 Å². The summed E-state index contributed by atoms with van der Waals surface area (Å²) in [5.41, 5.74) is 2.66. The number of nitrogens with one attached hydrogen (secondary N) is 1. The quantitative estimate of drug-likeness (QED) is 0.376. The molecule has 128 valence electrons. The van der Waals surface area contributed by atoms with Gasteiger partial charge < -0.3 is 5.32 Å². The third kappa shape index (κ3) is 3.43. The average Bonchev–Trinajstić information content (AvgIpc) is 3.07. The summed E-state index contributed by atoms with van der Waals surface area (Å²) in [5, 5.41) is 9.06. The fraction of sp³-hybridized carbons (Fsp3) is 0.0526. The van der Waals surface area contributed by atoms with Gasteiger partial charge in [-0.3, -0.25) is 14.5 Å². The van der Waals surface area contributed by atoms with Gasteiger partial charge in [-0.2, -0.15) is 5.10 Å². The van der Waals surface area contributed by atoms with Crippen LogP contribution in [0.5, 0.6) is 0 Å². The highest BCUT2D eigenvalue weighted by molar-refractivity contribution is 14.1. The average molecular weight is 455 g/mol. The highest BCUT2D eigenvalue weighted by atomic mass is 127. The standard InChI is InChI=1S/C19H14IN5O/c1-25-11-16(10-23-25)12-2-3-14-9-22-18(8-15(14)6-12)24-19(26)13-4-5-21-17(20)7-13/h2-11H,1H3,(H,22,24,26). The molecule has 3 heterocycles. The van der Waals surface area contributed by atoms with Gasteiger partial charge in [-0.1, -0.05) is 12.1 Å². The van der Waals surface area contributed by atoms with E-state index in [4.69, 9.17) is 0 Å². The number of aryl methyl sites for hydroxylation is 1. The summed E-state index contributed by atoms with van der Waals surface area (Å²) in [6, 6.07) is 11.4. The Balaban J connectivity index is 1.65. The Morgan fingerprint density at radius 2 is 1.92 bits per heavy atom. The summed E-state index contributed by atoms with van der Waals surface area (Å²) < 4.78 is 2.54. The van der Waals surface area contributed by atoms with E-state index in [9.17, 15) is 4.79 Å². The Morgan fingerprint density at radius 3 is 2.69 bits per heavy atom. The van der Waals surface area contributed by atoms with Gasteiger partial charge in [0.2, 0.25) is 0 Å². The number of carbonyl (C=O) groups excluding carboxylic acids is 1. The molecule has 6 nitrogen and oxygen atoms in total. The normalized spacial score (nSPS) is 10.8. The van der Waals surface area contributed by atoms with Crippen LogP contribution in [-0.2, 0) is 7.05 Å². The Labute approximate surface area is 163 Å². The first-order valence-electron chi connectivity index (χ1n) is 7.90. The Hall–Kier alpha value is -2.81. The van der Waals surface area contributed by atoms with E-state index in [1.165, 1.54) is 0 Å². The molecule has 4 rings (SSSR count). The van der Waals surface area contributed by atoms with Gasteiger partial charge in [-0.25, -0.2) is 4.98 Å². The molecule has 0 spiro atoms. The number of carbonyl (C=O) groups is 1. The van der Waals surface area contributed by atoms with Crippen LogP contribution < -0.4 is 5.32 Å². The van der Waals surface area contributed by atoms with E-state index >= 15 is 0 Å². The first-order chi connectivity index (χ1) is 12.6. The molecule has 0 saturated carbocycles. The largest absolute Gasteiger partial charge is 0.307 e. The minimum Gasteiger partial charge on any atom is -0.307 e. The van der Waals surface area contributed by atoms with Gasteiger partial charge in [-0.15, -0.1) is 0 Å². The molecule has 0 aliphatic rings. The van der Waals surface area contributed by atoms with Crippen molar-refractivity contribution >= 4 is 45.1 Å². The zero-order valence-corrected chi connectivity index (χ0v) is 16.0. The van der Waals surface area contributed by atoms with E-state index in [1.54, 1.807) is 29.2 Å². The number of fused-ring (bicyclic) bond motifs is 1. The number of benzene rings is 1. The number of pyridine rings is 2. The minimum atomic E-state index is -0.208. The lowest BCUT2D eigenvalue weighted by molar-refractivity contribution is 0.102. The predicted molar refractivity (Wildman–Crippen MR) is 109 cm³/mol. The van der Waals surface area contributed by atoms with Crippen molar-refractivity contribution in [2.75, 3.05) is 5.32 Å². The van der Waals surface area contributed by atoms with Crippen LogP contribution in [0.3, 0.4) is 0 Å². The van der Waals surface area contributed by atoms with E-state index in [0.29, 0.717) is 11.4 Å². The van der Waals surface area contributed by atoms with Gasteiger partial charge in [0.15, 0.2) is 0 Å². The maximum absolute atomic E-state index is 12.4. The van der Waals surface area contributed by atoms with Crippen LogP contribution in [0.15, 0.2) is 61.2 Å². The first-order valence-corrected chi connectivity index (χ1v) is 8.98. The van der Waals surface area contributed by atoms with Crippen molar-refractivity contribution in [1.82, 2.24) is 19.7 Å². The first kappa shape index (κ1) is 16.6. The van der Waals surface area contributed by atoms with Gasteiger partial charge in [0.1, 0.15) is 9.52 Å². The summed E-state index contributed by atoms with van der Waals surface area (Å²) in [4.78, 5) is 20.8. The molecule has 0 unspecified atom stereocenters. The summed E-state index contributed by atoms with van der Waals surface area (Å²) >= 11 is 2.08. The second-order valence-electron chi connectivity index (χ2n) is 5.86. The van der Waals surface area contributed by atoms with Crippen LogP contribution in [-0.4, -0.2) is 25.7 Å². The molecule has 1 N–H and O–H groups in total. The molecule has 1 amide bonds. The SMILES string of the molecule is Cn1cc(-c2ccc3cnc(NC(=O)c4ccnc(I)c4)cc3c2)cn1. The van der Waals surface area contributed by atoms with Crippen LogP contribution in [0.1, 0.15) is 10.4 Å². The van der Waals surface area contributed by atoms with E-state index in [2.05, 4.69) is 49.0 Å². The summed E-state index contributed by atoms with van der Waals surface area (Å²) in [6.45, 7) is 0. The van der Waals surface area contributed by atoms with Crippen molar-refractivity contribution in [3.63, 3.8) is 0 Å². The zero-order chi connectivity index (χ0) is 18.1. The van der Waals surface area contributed by atoms with Crippen molar-refractivity contribution < 1.29 is 4.79 Å². The van der Waals surface area contributed by atoms with Crippen LogP contribution in [0.25, 0.3) is 21.9 Å². The van der Waals surface area contributed by atoms with E-state index in [0.717, 1.165) is 25.6 Å². The number of anilines is 1. The molecular weight excluding hydrogens is 441 g/mol. The lowest BCUT2D eigenvalue weighted by Gasteiger charge is -2.07. The van der Waals surface area contributed by atoms with Gasteiger partial charge in [0, 0.05) is 42.2 Å². The highest BCUT2D eigenvalue weighted by Crippen LogP contribution is 2.25.